The molecule has 2 rings (SSSR count). The van der Waals surface area contributed by atoms with Gasteiger partial charge in [-0.05, 0) is 18.6 Å². The van der Waals surface area contributed by atoms with Crippen LogP contribution in [0.5, 0.6) is 0 Å². The van der Waals surface area contributed by atoms with Crippen LogP contribution in [-0.4, -0.2) is 4.98 Å². The van der Waals surface area contributed by atoms with Gasteiger partial charge in [0.15, 0.2) is 0 Å². The Morgan fingerprint density at radius 3 is 2.79 bits per heavy atom. The zero-order valence-corrected chi connectivity index (χ0v) is 7.58. The minimum Gasteiger partial charge on any atom is -0.245 e. The lowest BCUT2D eigenvalue weighted by Gasteiger charge is -2.02. The van der Waals surface area contributed by atoms with Crippen LogP contribution in [0.25, 0.3) is 10.8 Å². The third-order valence-corrected chi connectivity index (χ3v) is 2.18. The lowest BCUT2D eigenvalue weighted by molar-refractivity contribution is 0.630. The predicted octanol–water partition coefficient (Wildman–Crippen LogP) is 2.55. The third-order valence-electron chi connectivity index (χ3n) is 2.18. The molecule has 0 aliphatic rings. The minimum absolute atomic E-state index is 0.265. The van der Waals surface area contributed by atoms with E-state index in [0.29, 0.717) is 16.3 Å². The molecular weight excluding hydrogens is 179 g/mol. The summed E-state index contributed by atoms with van der Waals surface area (Å²) in [6.45, 7) is 1.70. The molecule has 0 atom stereocenters. The second kappa shape index (κ2) is 3.08. The summed E-state index contributed by atoms with van der Waals surface area (Å²) in [5.74, 6) is -0.276. The fraction of sp³-hybridized carbons (Fsp3) is 0.0909. The number of aryl methyl sites for hydroxylation is 1. The van der Waals surface area contributed by atoms with Gasteiger partial charge in [0, 0.05) is 17.0 Å². The summed E-state index contributed by atoms with van der Waals surface area (Å²) in [7, 11) is 0. The highest BCUT2D eigenvalue weighted by Crippen LogP contribution is 2.21. The summed E-state index contributed by atoms with van der Waals surface area (Å²) in [4.78, 5) is 3.87. The topological polar surface area (TPSA) is 36.7 Å². The van der Waals surface area contributed by atoms with Gasteiger partial charge < -0.3 is 0 Å². The molecule has 1 aromatic carbocycles. The van der Waals surface area contributed by atoms with E-state index in [9.17, 15) is 4.39 Å². The van der Waals surface area contributed by atoms with Crippen molar-refractivity contribution in [2.75, 3.05) is 0 Å². The Labute approximate surface area is 80.6 Å². The van der Waals surface area contributed by atoms with E-state index >= 15 is 0 Å². The summed E-state index contributed by atoms with van der Waals surface area (Å²) in [5.41, 5.74) is 0.842. The molecule has 14 heavy (non-hydrogen) atoms. The largest absolute Gasteiger partial charge is 0.245 e. The number of nitriles is 1. The molecule has 0 bridgehead atoms. The SMILES string of the molecule is Cc1ccc2c(C#N)nccc2c1F. The first-order chi connectivity index (χ1) is 6.74. The summed E-state index contributed by atoms with van der Waals surface area (Å²) >= 11 is 0. The molecule has 1 aromatic heterocycles. The fourth-order valence-corrected chi connectivity index (χ4v) is 1.42. The van der Waals surface area contributed by atoms with E-state index in [-0.39, 0.29) is 11.5 Å². The van der Waals surface area contributed by atoms with Gasteiger partial charge in [0.2, 0.25) is 0 Å². The van der Waals surface area contributed by atoms with Gasteiger partial charge in [-0.1, -0.05) is 12.1 Å². The highest BCUT2D eigenvalue weighted by atomic mass is 19.1. The van der Waals surface area contributed by atoms with Crippen LogP contribution in [0.3, 0.4) is 0 Å². The lowest BCUT2D eigenvalue weighted by atomic mass is 10.1. The molecule has 1 heterocycles. The van der Waals surface area contributed by atoms with Crippen molar-refractivity contribution in [1.82, 2.24) is 4.98 Å². The van der Waals surface area contributed by atoms with Gasteiger partial charge in [0.25, 0.3) is 0 Å². The van der Waals surface area contributed by atoms with E-state index in [4.69, 9.17) is 5.26 Å². The Kier molecular flexibility index (Phi) is 1.90. The molecule has 0 amide bonds. The van der Waals surface area contributed by atoms with Gasteiger partial charge in [-0.25, -0.2) is 9.37 Å². The first kappa shape index (κ1) is 8.64. The number of benzene rings is 1. The molecule has 0 unspecified atom stereocenters. The number of hydrogen-bond acceptors (Lipinski definition) is 2. The molecule has 68 valence electrons. The number of nitrogens with zero attached hydrogens (tertiary/aromatic N) is 2. The molecule has 0 N–H and O–H groups in total. The second-order valence-electron chi connectivity index (χ2n) is 3.06. The molecule has 2 aromatic rings. The molecule has 0 saturated carbocycles. The number of fused-ring (bicyclic) bond motifs is 1. The second-order valence-corrected chi connectivity index (χ2v) is 3.06. The standard InChI is InChI=1S/C11H7FN2/c1-7-2-3-8-9(11(7)12)4-5-14-10(8)6-13/h2-5H,1H3. The summed E-state index contributed by atoms with van der Waals surface area (Å²) in [6, 6.07) is 6.90. The molecule has 2 nitrogen and oxygen atoms in total. The molecule has 0 aliphatic heterocycles. The molecular formula is C11H7FN2. The van der Waals surface area contributed by atoms with E-state index in [1.54, 1.807) is 25.1 Å². The Morgan fingerprint density at radius 2 is 2.07 bits per heavy atom. The number of hydrogen-bond donors (Lipinski definition) is 0. The Hall–Kier alpha value is -1.95. The fourth-order valence-electron chi connectivity index (χ4n) is 1.42. The quantitative estimate of drug-likeness (QED) is 0.634. The van der Waals surface area contributed by atoms with E-state index in [2.05, 4.69) is 4.98 Å². The number of rotatable bonds is 0. The molecule has 0 fully saturated rings. The first-order valence-electron chi connectivity index (χ1n) is 4.18. The van der Waals surface area contributed by atoms with Crippen LogP contribution in [0.1, 0.15) is 11.3 Å². The minimum atomic E-state index is -0.276. The molecule has 3 heteroatoms. The van der Waals surface area contributed by atoms with Gasteiger partial charge >= 0.3 is 0 Å². The predicted molar refractivity (Wildman–Crippen MR) is 51.2 cm³/mol. The van der Waals surface area contributed by atoms with Gasteiger partial charge in [0.05, 0.1) is 0 Å². The Bertz CT molecular complexity index is 541. The van der Waals surface area contributed by atoms with Crippen LogP contribution in [0, 0.1) is 24.1 Å². The van der Waals surface area contributed by atoms with E-state index in [1.807, 2.05) is 6.07 Å². The van der Waals surface area contributed by atoms with Crippen LogP contribution >= 0.6 is 0 Å². The van der Waals surface area contributed by atoms with Gasteiger partial charge in [-0.3, -0.25) is 0 Å². The summed E-state index contributed by atoms with van der Waals surface area (Å²) in [6.07, 6.45) is 1.45. The van der Waals surface area contributed by atoms with Crippen molar-refractivity contribution in [2.45, 2.75) is 6.92 Å². The van der Waals surface area contributed by atoms with Crippen molar-refractivity contribution in [3.05, 3.63) is 41.5 Å². The van der Waals surface area contributed by atoms with Crippen molar-refractivity contribution < 1.29 is 4.39 Å². The van der Waals surface area contributed by atoms with Crippen LogP contribution in [0.4, 0.5) is 4.39 Å². The van der Waals surface area contributed by atoms with Crippen molar-refractivity contribution in [2.24, 2.45) is 0 Å². The highest BCUT2D eigenvalue weighted by molar-refractivity contribution is 5.87. The van der Waals surface area contributed by atoms with Gasteiger partial charge in [-0.2, -0.15) is 5.26 Å². The summed E-state index contributed by atoms with van der Waals surface area (Å²) in [5, 5.41) is 9.78. The normalized spacial score (nSPS) is 10.1. The average molecular weight is 186 g/mol. The van der Waals surface area contributed by atoms with Crippen molar-refractivity contribution >= 4 is 10.8 Å². The summed E-state index contributed by atoms with van der Waals surface area (Å²) < 4.78 is 13.6. The van der Waals surface area contributed by atoms with Crippen molar-refractivity contribution in [3.8, 4) is 6.07 Å². The maximum Gasteiger partial charge on any atom is 0.148 e. The van der Waals surface area contributed by atoms with E-state index < -0.39 is 0 Å². The van der Waals surface area contributed by atoms with Crippen LogP contribution in [0.2, 0.25) is 0 Å². The maximum absolute atomic E-state index is 13.6. The molecule has 0 aliphatic carbocycles. The van der Waals surface area contributed by atoms with E-state index in [1.165, 1.54) is 6.20 Å². The average Bonchev–Trinajstić information content (AvgIpc) is 2.23. The highest BCUT2D eigenvalue weighted by Gasteiger charge is 2.07. The molecule has 0 spiro atoms. The van der Waals surface area contributed by atoms with Crippen LogP contribution in [0.15, 0.2) is 24.4 Å². The lowest BCUT2D eigenvalue weighted by Crippen LogP contribution is -1.89. The number of pyridine rings is 1. The first-order valence-corrected chi connectivity index (χ1v) is 4.18. The number of halogens is 1. The third kappa shape index (κ3) is 1.12. The maximum atomic E-state index is 13.6. The zero-order valence-electron chi connectivity index (χ0n) is 7.58. The van der Waals surface area contributed by atoms with Crippen LogP contribution < -0.4 is 0 Å². The van der Waals surface area contributed by atoms with Gasteiger partial charge in [0.1, 0.15) is 17.6 Å². The zero-order chi connectivity index (χ0) is 10.1. The Balaban J connectivity index is 2.95. The Morgan fingerprint density at radius 1 is 1.29 bits per heavy atom. The smallest absolute Gasteiger partial charge is 0.148 e. The van der Waals surface area contributed by atoms with Crippen LogP contribution in [-0.2, 0) is 0 Å². The van der Waals surface area contributed by atoms with Gasteiger partial charge in [-0.15, -0.1) is 0 Å². The monoisotopic (exact) mass is 186 g/mol. The van der Waals surface area contributed by atoms with E-state index in [0.717, 1.165) is 0 Å². The van der Waals surface area contributed by atoms with Crippen molar-refractivity contribution in [3.63, 3.8) is 0 Å². The number of aromatic nitrogens is 1. The molecule has 0 radical (unpaired) electrons. The van der Waals surface area contributed by atoms with Crippen molar-refractivity contribution in [1.29, 1.82) is 5.26 Å². The molecule has 0 saturated heterocycles.